The molecule has 2 N–H and O–H groups in total. The summed E-state index contributed by atoms with van der Waals surface area (Å²) in [6.07, 6.45) is 3.80. The van der Waals surface area contributed by atoms with Crippen LogP contribution >= 0.6 is 11.6 Å². The molecule has 5 heteroatoms. The Labute approximate surface area is 116 Å². The minimum atomic E-state index is -0.552. The van der Waals surface area contributed by atoms with E-state index in [1.807, 2.05) is 0 Å². The molecule has 0 heterocycles. The highest BCUT2D eigenvalue weighted by Crippen LogP contribution is 2.27. The number of carbonyl (C=O) groups excluding carboxylic acids is 1. The van der Waals surface area contributed by atoms with Crippen LogP contribution in [0.5, 0.6) is 0 Å². The maximum absolute atomic E-state index is 13.0. The van der Waals surface area contributed by atoms with E-state index in [9.17, 15) is 14.3 Å². The first-order valence-electron chi connectivity index (χ1n) is 6.49. The Bertz CT molecular complexity index is 461. The van der Waals surface area contributed by atoms with E-state index in [1.54, 1.807) is 0 Å². The van der Waals surface area contributed by atoms with Gasteiger partial charge in [0.2, 0.25) is 0 Å². The summed E-state index contributed by atoms with van der Waals surface area (Å²) in [6, 6.07) is 3.82. The molecule has 104 valence electrons. The Hall–Kier alpha value is -1.13. The van der Waals surface area contributed by atoms with E-state index in [-0.39, 0.29) is 23.4 Å². The van der Waals surface area contributed by atoms with Crippen LogP contribution in [-0.4, -0.2) is 23.7 Å². The molecule has 1 amide bonds. The van der Waals surface area contributed by atoms with Crippen LogP contribution in [0.2, 0.25) is 5.02 Å². The summed E-state index contributed by atoms with van der Waals surface area (Å²) in [5.74, 6) is -0.625. The van der Waals surface area contributed by atoms with Gasteiger partial charge in [0.15, 0.2) is 0 Å². The number of halogens is 2. The van der Waals surface area contributed by atoms with E-state index in [2.05, 4.69) is 5.32 Å². The minimum absolute atomic E-state index is 0.0796. The predicted molar refractivity (Wildman–Crippen MR) is 71.7 cm³/mol. The molecule has 1 aliphatic rings. The number of rotatable bonds is 4. The molecule has 2 rings (SSSR count). The van der Waals surface area contributed by atoms with Gasteiger partial charge in [-0.1, -0.05) is 24.4 Å². The number of benzene rings is 1. The Balaban J connectivity index is 1.88. The largest absolute Gasteiger partial charge is 0.391 e. The molecule has 0 saturated heterocycles. The van der Waals surface area contributed by atoms with Crippen molar-refractivity contribution < 1.29 is 14.3 Å². The lowest BCUT2D eigenvalue weighted by atomic mass is 10.0. The molecule has 1 fully saturated rings. The van der Waals surface area contributed by atoms with Crippen LogP contribution in [0, 0.1) is 11.7 Å². The highest BCUT2D eigenvalue weighted by molar-refractivity contribution is 6.31. The fraction of sp³-hybridized carbons (Fsp3) is 0.500. The summed E-state index contributed by atoms with van der Waals surface area (Å²) in [4.78, 5) is 11.8. The van der Waals surface area contributed by atoms with E-state index in [4.69, 9.17) is 11.6 Å². The second kappa shape index (κ2) is 6.35. The van der Waals surface area contributed by atoms with Crippen LogP contribution in [0.3, 0.4) is 0 Å². The van der Waals surface area contributed by atoms with Crippen LogP contribution in [0.1, 0.15) is 36.0 Å². The lowest BCUT2D eigenvalue weighted by Gasteiger charge is -2.18. The normalized spacial score (nSPS) is 17.4. The zero-order valence-electron chi connectivity index (χ0n) is 10.5. The van der Waals surface area contributed by atoms with E-state index >= 15 is 0 Å². The maximum Gasteiger partial charge on any atom is 0.251 e. The third kappa shape index (κ3) is 3.67. The molecule has 1 aromatic rings. The molecule has 1 saturated carbocycles. The quantitative estimate of drug-likeness (QED) is 0.894. The molecular weight excluding hydrogens is 269 g/mol. The highest BCUT2D eigenvalue weighted by atomic mass is 35.5. The van der Waals surface area contributed by atoms with Gasteiger partial charge < -0.3 is 10.4 Å². The predicted octanol–water partition coefficient (Wildman–Crippen LogP) is 2.76. The van der Waals surface area contributed by atoms with E-state index in [0.29, 0.717) is 5.56 Å². The number of aliphatic hydroxyl groups is 1. The second-order valence-electron chi connectivity index (χ2n) is 4.95. The third-order valence-corrected chi connectivity index (χ3v) is 3.89. The molecule has 0 bridgehead atoms. The van der Waals surface area contributed by atoms with E-state index in [0.717, 1.165) is 31.7 Å². The molecule has 0 radical (unpaired) electrons. The average molecular weight is 286 g/mol. The van der Waals surface area contributed by atoms with Crippen molar-refractivity contribution in [3.63, 3.8) is 0 Å². The average Bonchev–Trinajstić information content (AvgIpc) is 2.92. The van der Waals surface area contributed by atoms with Gasteiger partial charge in [-0.05, 0) is 37.0 Å². The third-order valence-electron chi connectivity index (χ3n) is 3.60. The van der Waals surface area contributed by atoms with Gasteiger partial charge in [-0.15, -0.1) is 0 Å². The van der Waals surface area contributed by atoms with Crippen molar-refractivity contribution in [1.29, 1.82) is 0 Å². The number of hydrogen-bond donors (Lipinski definition) is 2. The van der Waals surface area contributed by atoms with Gasteiger partial charge in [-0.25, -0.2) is 4.39 Å². The van der Waals surface area contributed by atoms with Gasteiger partial charge in [-0.3, -0.25) is 4.79 Å². The zero-order chi connectivity index (χ0) is 13.8. The van der Waals surface area contributed by atoms with Crippen molar-refractivity contribution in [1.82, 2.24) is 5.32 Å². The number of aliphatic hydroxyl groups excluding tert-OH is 1. The van der Waals surface area contributed by atoms with Crippen molar-refractivity contribution in [3.05, 3.63) is 34.6 Å². The summed E-state index contributed by atoms with van der Waals surface area (Å²) in [7, 11) is 0. The molecule has 19 heavy (non-hydrogen) atoms. The number of hydrogen-bond acceptors (Lipinski definition) is 2. The van der Waals surface area contributed by atoms with E-state index in [1.165, 1.54) is 12.1 Å². The molecule has 0 aliphatic heterocycles. The van der Waals surface area contributed by atoms with Gasteiger partial charge >= 0.3 is 0 Å². The lowest BCUT2D eigenvalue weighted by molar-refractivity contribution is 0.0840. The Morgan fingerprint density at radius 3 is 2.79 bits per heavy atom. The van der Waals surface area contributed by atoms with Gasteiger partial charge in [0.25, 0.3) is 5.91 Å². The standard InChI is InChI=1S/C14H17ClFNO2/c15-11-7-10(5-6-12(11)16)14(19)17-8-13(18)9-3-1-2-4-9/h5-7,9,13,18H,1-4,8H2,(H,17,19). The molecule has 1 aromatic carbocycles. The lowest BCUT2D eigenvalue weighted by Crippen LogP contribution is -2.35. The number of nitrogens with one attached hydrogen (secondary N) is 1. The first kappa shape index (κ1) is 14.3. The van der Waals surface area contributed by atoms with Crippen LogP contribution in [0.25, 0.3) is 0 Å². The van der Waals surface area contributed by atoms with Crippen molar-refractivity contribution in [2.24, 2.45) is 5.92 Å². The fourth-order valence-corrected chi connectivity index (χ4v) is 2.63. The number of carbonyl (C=O) groups is 1. The fourth-order valence-electron chi connectivity index (χ4n) is 2.45. The second-order valence-corrected chi connectivity index (χ2v) is 5.36. The smallest absolute Gasteiger partial charge is 0.251 e. The topological polar surface area (TPSA) is 49.3 Å². The Kier molecular flexibility index (Phi) is 4.77. The van der Waals surface area contributed by atoms with Crippen LogP contribution in [0.4, 0.5) is 4.39 Å². The minimum Gasteiger partial charge on any atom is -0.391 e. The molecule has 1 atom stereocenters. The van der Waals surface area contributed by atoms with Crippen LogP contribution in [0.15, 0.2) is 18.2 Å². The van der Waals surface area contributed by atoms with Crippen molar-refractivity contribution in [2.75, 3.05) is 6.54 Å². The van der Waals surface area contributed by atoms with Crippen molar-refractivity contribution in [2.45, 2.75) is 31.8 Å². The molecule has 1 unspecified atom stereocenters. The first-order chi connectivity index (χ1) is 9.08. The molecule has 1 aliphatic carbocycles. The number of amides is 1. The van der Waals surface area contributed by atoms with Gasteiger partial charge in [0, 0.05) is 12.1 Å². The van der Waals surface area contributed by atoms with Gasteiger partial charge in [0.05, 0.1) is 11.1 Å². The highest BCUT2D eigenvalue weighted by Gasteiger charge is 2.23. The molecular formula is C14H17ClFNO2. The first-order valence-corrected chi connectivity index (χ1v) is 6.87. The summed E-state index contributed by atoms with van der Waals surface area (Å²) >= 11 is 5.62. The summed E-state index contributed by atoms with van der Waals surface area (Å²) in [6.45, 7) is 0.221. The maximum atomic E-state index is 13.0. The monoisotopic (exact) mass is 285 g/mol. The van der Waals surface area contributed by atoms with Crippen molar-refractivity contribution in [3.8, 4) is 0 Å². The molecule has 3 nitrogen and oxygen atoms in total. The zero-order valence-corrected chi connectivity index (χ0v) is 11.3. The SMILES string of the molecule is O=C(NCC(O)C1CCCC1)c1ccc(F)c(Cl)c1. The van der Waals surface area contributed by atoms with E-state index < -0.39 is 11.9 Å². The summed E-state index contributed by atoms with van der Waals surface area (Å²) in [5, 5.41) is 12.5. The summed E-state index contributed by atoms with van der Waals surface area (Å²) < 4.78 is 13.0. The molecule has 0 aromatic heterocycles. The van der Waals surface area contributed by atoms with Gasteiger partial charge in [-0.2, -0.15) is 0 Å². The van der Waals surface area contributed by atoms with Crippen LogP contribution < -0.4 is 5.32 Å². The summed E-state index contributed by atoms with van der Waals surface area (Å²) in [5.41, 5.74) is 0.296. The van der Waals surface area contributed by atoms with Gasteiger partial charge in [0.1, 0.15) is 5.82 Å². The molecule has 0 spiro atoms. The van der Waals surface area contributed by atoms with Crippen LogP contribution in [-0.2, 0) is 0 Å². The van der Waals surface area contributed by atoms with Crippen molar-refractivity contribution >= 4 is 17.5 Å². The Morgan fingerprint density at radius 2 is 2.16 bits per heavy atom. The Morgan fingerprint density at radius 1 is 1.47 bits per heavy atom.